The Morgan fingerprint density at radius 2 is 1.80 bits per heavy atom. The Kier molecular flexibility index (Phi) is 4.74. The summed E-state index contributed by atoms with van der Waals surface area (Å²) in [5.41, 5.74) is 1.41. The van der Waals surface area contributed by atoms with E-state index in [0.717, 1.165) is 11.3 Å². The number of hydrogen-bond donors (Lipinski definition) is 2. The number of methoxy groups -OCH3 is 1. The molecule has 2 aromatic carbocycles. The van der Waals surface area contributed by atoms with E-state index in [1.165, 1.54) is 0 Å². The van der Waals surface area contributed by atoms with Crippen LogP contribution in [0.2, 0.25) is 0 Å². The average Bonchev–Trinajstić information content (AvgIpc) is 2.49. The quantitative estimate of drug-likeness (QED) is 0.879. The molecule has 4 nitrogen and oxygen atoms in total. The van der Waals surface area contributed by atoms with Crippen molar-refractivity contribution in [3.05, 3.63) is 60.2 Å². The van der Waals surface area contributed by atoms with E-state index in [1.54, 1.807) is 43.5 Å². The molecule has 0 radical (unpaired) electrons. The molecular formula is C16H17NO3. The SMILES string of the molecule is COc1ccc(NC(=O)CC(O)c2ccccc2)cc1. The Hall–Kier alpha value is -2.33. The van der Waals surface area contributed by atoms with Crippen molar-refractivity contribution in [3.63, 3.8) is 0 Å². The van der Waals surface area contributed by atoms with Gasteiger partial charge in [0.25, 0.3) is 0 Å². The fourth-order valence-corrected chi connectivity index (χ4v) is 1.86. The summed E-state index contributed by atoms with van der Waals surface area (Å²) in [5, 5.41) is 12.7. The molecule has 20 heavy (non-hydrogen) atoms. The van der Waals surface area contributed by atoms with E-state index in [2.05, 4.69) is 5.32 Å². The Balaban J connectivity index is 1.91. The van der Waals surface area contributed by atoms with Gasteiger partial charge in [0, 0.05) is 5.69 Å². The first-order chi connectivity index (χ1) is 9.69. The van der Waals surface area contributed by atoms with Gasteiger partial charge in [0.05, 0.1) is 19.6 Å². The second kappa shape index (κ2) is 6.73. The van der Waals surface area contributed by atoms with E-state index >= 15 is 0 Å². The number of anilines is 1. The van der Waals surface area contributed by atoms with Gasteiger partial charge in [-0.1, -0.05) is 30.3 Å². The highest BCUT2D eigenvalue weighted by atomic mass is 16.5. The fourth-order valence-electron chi connectivity index (χ4n) is 1.86. The topological polar surface area (TPSA) is 58.6 Å². The zero-order valence-electron chi connectivity index (χ0n) is 11.2. The van der Waals surface area contributed by atoms with Gasteiger partial charge >= 0.3 is 0 Å². The third-order valence-corrected chi connectivity index (χ3v) is 2.94. The van der Waals surface area contributed by atoms with Crippen LogP contribution in [-0.4, -0.2) is 18.1 Å². The van der Waals surface area contributed by atoms with Gasteiger partial charge in [0.2, 0.25) is 5.91 Å². The number of carbonyl (C=O) groups is 1. The van der Waals surface area contributed by atoms with Crippen LogP contribution in [-0.2, 0) is 4.79 Å². The van der Waals surface area contributed by atoms with E-state index in [0.29, 0.717) is 5.69 Å². The van der Waals surface area contributed by atoms with Crippen molar-refractivity contribution in [1.82, 2.24) is 0 Å². The van der Waals surface area contributed by atoms with Gasteiger partial charge in [-0.25, -0.2) is 0 Å². The molecule has 0 fully saturated rings. The summed E-state index contributed by atoms with van der Waals surface area (Å²) < 4.78 is 5.04. The highest BCUT2D eigenvalue weighted by Gasteiger charge is 2.12. The second-order valence-corrected chi connectivity index (χ2v) is 4.41. The van der Waals surface area contributed by atoms with E-state index in [9.17, 15) is 9.90 Å². The van der Waals surface area contributed by atoms with Crippen molar-refractivity contribution in [1.29, 1.82) is 0 Å². The maximum absolute atomic E-state index is 11.8. The van der Waals surface area contributed by atoms with Crippen LogP contribution in [0, 0.1) is 0 Å². The summed E-state index contributed by atoms with van der Waals surface area (Å²) >= 11 is 0. The minimum atomic E-state index is -0.797. The molecule has 0 saturated heterocycles. The molecule has 2 N–H and O–H groups in total. The van der Waals surface area contributed by atoms with Crippen molar-refractivity contribution in [2.45, 2.75) is 12.5 Å². The number of nitrogens with one attached hydrogen (secondary N) is 1. The van der Waals surface area contributed by atoms with Crippen LogP contribution in [0.3, 0.4) is 0 Å². The van der Waals surface area contributed by atoms with Gasteiger partial charge in [0.15, 0.2) is 0 Å². The van der Waals surface area contributed by atoms with Gasteiger partial charge in [-0.15, -0.1) is 0 Å². The number of aliphatic hydroxyl groups excluding tert-OH is 1. The maximum atomic E-state index is 11.8. The molecule has 2 aromatic rings. The number of benzene rings is 2. The van der Waals surface area contributed by atoms with E-state index in [-0.39, 0.29) is 12.3 Å². The molecule has 2 rings (SSSR count). The van der Waals surface area contributed by atoms with Crippen molar-refractivity contribution >= 4 is 11.6 Å². The van der Waals surface area contributed by atoms with Crippen LogP contribution in [0.5, 0.6) is 5.75 Å². The monoisotopic (exact) mass is 271 g/mol. The number of rotatable bonds is 5. The first kappa shape index (κ1) is 14.1. The molecule has 0 spiro atoms. The van der Waals surface area contributed by atoms with Crippen LogP contribution in [0.4, 0.5) is 5.69 Å². The van der Waals surface area contributed by atoms with Crippen LogP contribution in [0.1, 0.15) is 18.1 Å². The first-order valence-electron chi connectivity index (χ1n) is 6.36. The van der Waals surface area contributed by atoms with Crippen LogP contribution in [0.25, 0.3) is 0 Å². The number of ether oxygens (including phenoxy) is 1. The molecule has 0 aliphatic rings. The van der Waals surface area contributed by atoms with Crippen LogP contribution >= 0.6 is 0 Å². The van der Waals surface area contributed by atoms with E-state index < -0.39 is 6.10 Å². The minimum Gasteiger partial charge on any atom is -0.497 e. The summed E-state index contributed by atoms with van der Waals surface area (Å²) in [7, 11) is 1.59. The van der Waals surface area contributed by atoms with Gasteiger partial charge in [-0.3, -0.25) is 4.79 Å². The van der Waals surface area contributed by atoms with E-state index in [1.807, 2.05) is 18.2 Å². The summed E-state index contributed by atoms with van der Waals surface area (Å²) in [4.78, 5) is 11.8. The molecule has 104 valence electrons. The maximum Gasteiger partial charge on any atom is 0.227 e. The second-order valence-electron chi connectivity index (χ2n) is 4.41. The Morgan fingerprint density at radius 3 is 2.40 bits per heavy atom. The molecule has 0 aliphatic carbocycles. The molecule has 0 bridgehead atoms. The lowest BCUT2D eigenvalue weighted by atomic mass is 10.1. The molecule has 4 heteroatoms. The van der Waals surface area contributed by atoms with Gasteiger partial charge in [0.1, 0.15) is 5.75 Å². The zero-order chi connectivity index (χ0) is 14.4. The summed E-state index contributed by atoms with van der Waals surface area (Å²) in [6, 6.07) is 16.2. The summed E-state index contributed by atoms with van der Waals surface area (Å²) in [6.45, 7) is 0. The lowest BCUT2D eigenvalue weighted by Gasteiger charge is -2.11. The van der Waals surface area contributed by atoms with Gasteiger partial charge in [-0.2, -0.15) is 0 Å². The van der Waals surface area contributed by atoms with Crippen molar-refractivity contribution in [2.24, 2.45) is 0 Å². The number of amides is 1. The molecule has 1 amide bonds. The predicted molar refractivity (Wildman–Crippen MR) is 77.6 cm³/mol. The van der Waals surface area contributed by atoms with Crippen molar-refractivity contribution in [2.75, 3.05) is 12.4 Å². The molecule has 0 heterocycles. The molecule has 0 aromatic heterocycles. The Labute approximate surface area is 118 Å². The predicted octanol–water partition coefficient (Wildman–Crippen LogP) is 2.76. The highest BCUT2D eigenvalue weighted by Crippen LogP contribution is 2.18. The molecule has 1 unspecified atom stereocenters. The van der Waals surface area contributed by atoms with Crippen molar-refractivity contribution < 1.29 is 14.6 Å². The smallest absolute Gasteiger partial charge is 0.227 e. The lowest BCUT2D eigenvalue weighted by molar-refractivity contribution is -0.118. The van der Waals surface area contributed by atoms with E-state index in [4.69, 9.17) is 4.74 Å². The molecule has 0 saturated carbocycles. The molecular weight excluding hydrogens is 254 g/mol. The number of aliphatic hydroxyl groups is 1. The van der Waals surface area contributed by atoms with Gasteiger partial charge in [-0.05, 0) is 29.8 Å². The fraction of sp³-hybridized carbons (Fsp3) is 0.188. The standard InChI is InChI=1S/C16H17NO3/c1-20-14-9-7-13(8-10-14)17-16(19)11-15(18)12-5-3-2-4-6-12/h2-10,15,18H,11H2,1H3,(H,17,19). The zero-order valence-corrected chi connectivity index (χ0v) is 11.2. The third kappa shape index (κ3) is 3.83. The Morgan fingerprint density at radius 1 is 1.15 bits per heavy atom. The third-order valence-electron chi connectivity index (χ3n) is 2.94. The normalized spacial score (nSPS) is 11.7. The van der Waals surface area contributed by atoms with Crippen LogP contribution < -0.4 is 10.1 Å². The molecule has 0 aliphatic heterocycles. The first-order valence-corrected chi connectivity index (χ1v) is 6.36. The minimum absolute atomic E-state index is 0.0239. The van der Waals surface area contributed by atoms with Gasteiger partial charge < -0.3 is 15.2 Å². The summed E-state index contributed by atoms with van der Waals surface area (Å²) in [6.07, 6.45) is -0.773. The average molecular weight is 271 g/mol. The van der Waals surface area contributed by atoms with Crippen molar-refractivity contribution in [3.8, 4) is 5.75 Å². The number of carbonyl (C=O) groups excluding carboxylic acids is 1. The Bertz CT molecular complexity index is 552. The number of hydrogen-bond acceptors (Lipinski definition) is 3. The summed E-state index contributed by atoms with van der Waals surface area (Å²) in [5.74, 6) is 0.499. The highest BCUT2D eigenvalue weighted by molar-refractivity contribution is 5.91. The molecule has 1 atom stereocenters. The lowest BCUT2D eigenvalue weighted by Crippen LogP contribution is -2.15. The van der Waals surface area contributed by atoms with Crippen LogP contribution in [0.15, 0.2) is 54.6 Å². The largest absolute Gasteiger partial charge is 0.497 e.